The van der Waals surface area contributed by atoms with Gasteiger partial charge in [-0.1, -0.05) is 18.2 Å². The molecule has 3 heterocycles. The predicted molar refractivity (Wildman–Crippen MR) is 95.2 cm³/mol. The zero-order valence-electron chi connectivity index (χ0n) is 14.2. The molecule has 2 aromatic heterocycles. The van der Waals surface area contributed by atoms with E-state index in [-0.39, 0.29) is 36.0 Å². The summed E-state index contributed by atoms with van der Waals surface area (Å²) in [6, 6.07) is 10.5. The Labute approximate surface area is 150 Å². The Hall–Kier alpha value is -3.35. The molecule has 1 fully saturated rings. The van der Waals surface area contributed by atoms with Gasteiger partial charge in [0.1, 0.15) is 5.69 Å². The van der Waals surface area contributed by atoms with Crippen LogP contribution >= 0.6 is 0 Å². The topological polar surface area (TPSA) is 88.1 Å². The highest BCUT2D eigenvalue weighted by Gasteiger charge is 2.39. The molecule has 3 aromatic rings. The van der Waals surface area contributed by atoms with Crippen LogP contribution in [0.4, 0.5) is 0 Å². The zero-order valence-corrected chi connectivity index (χ0v) is 14.2. The van der Waals surface area contributed by atoms with Gasteiger partial charge in [-0.15, -0.1) is 0 Å². The number of hydrogen-bond donors (Lipinski definition) is 1. The molecule has 2 amide bonds. The van der Waals surface area contributed by atoms with Crippen LogP contribution in [0.5, 0.6) is 0 Å². The SMILES string of the molecule is CN1C(=O)C[C@@H](NC(=O)c2cnc3ccccc3n2)[C@@H]1c1cccnc1. The Kier molecular flexibility index (Phi) is 4.04. The van der Waals surface area contributed by atoms with Gasteiger partial charge in [0.2, 0.25) is 5.91 Å². The fraction of sp³-hybridized carbons (Fsp3) is 0.211. The van der Waals surface area contributed by atoms with E-state index in [0.29, 0.717) is 5.52 Å². The van der Waals surface area contributed by atoms with Gasteiger partial charge < -0.3 is 10.2 Å². The fourth-order valence-corrected chi connectivity index (χ4v) is 3.31. The van der Waals surface area contributed by atoms with E-state index in [0.717, 1.165) is 11.1 Å². The molecular weight excluding hydrogens is 330 g/mol. The van der Waals surface area contributed by atoms with Gasteiger partial charge >= 0.3 is 0 Å². The van der Waals surface area contributed by atoms with Gasteiger partial charge in [-0.05, 0) is 23.8 Å². The van der Waals surface area contributed by atoms with E-state index >= 15 is 0 Å². The van der Waals surface area contributed by atoms with Crippen molar-refractivity contribution in [3.63, 3.8) is 0 Å². The monoisotopic (exact) mass is 347 g/mol. The molecule has 7 nitrogen and oxygen atoms in total. The molecule has 2 atom stereocenters. The molecule has 0 saturated carbocycles. The summed E-state index contributed by atoms with van der Waals surface area (Å²) in [4.78, 5) is 39.3. The molecular formula is C19H17N5O2. The van der Waals surface area contributed by atoms with Crippen LogP contribution in [-0.2, 0) is 4.79 Å². The van der Waals surface area contributed by atoms with Crippen molar-refractivity contribution in [2.45, 2.75) is 18.5 Å². The van der Waals surface area contributed by atoms with E-state index in [2.05, 4.69) is 20.3 Å². The highest BCUT2D eigenvalue weighted by atomic mass is 16.2. The number of nitrogens with one attached hydrogen (secondary N) is 1. The number of amides is 2. The zero-order chi connectivity index (χ0) is 18.1. The summed E-state index contributed by atoms with van der Waals surface area (Å²) in [6.45, 7) is 0. The number of benzene rings is 1. The van der Waals surface area contributed by atoms with E-state index < -0.39 is 0 Å². The number of nitrogens with zero attached hydrogens (tertiary/aromatic N) is 4. The van der Waals surface area contributed by atoms with Gasteiger partial charge in [0.25, 0.3) is 5.91 Å². The standard InChI is InChI=1S/C19H17N5O2/c1-24-17(25)9-15(18(24)12-5-4-8-20-10-12)23-19(26)16-11-21-13-6-2-3-7-14(13)22-16/h2-8,10-11,15,18H,9H2,1H3,(H,23,26)/t15-,18+/m1/s1. The molecule has 1 saturated heterocycles. The first kappa shape index (κ1) is 16.1. The Bertz CT molecular complexity index is 976. The predicted octanol–water partition coefficient (Wildman–Crippen LogP) is 1.73. The van der Waals surface area contributed by atoms with Gasteiger partial charge in [-0.3, -0.25) is 19.6 Å². The molecule has 0 aliphatic carbocycles. The maximum absolute atomic E-state index is 12.7. The summed E-state index contributed by atoms with van der Waals surface area (Å²) in [7, 11) is 1.74. The average Bonchev–Trinajstić information content (AvgIpc) is 2.95. The van der Waals surface area contributed by atoms with Crippen molar-refractivity contribution in [1.29, 1.82) is 0 Å². The number of carbonyl (C=O) groups excluding carboxylic acids is 2. The van der Waals surface area contributed by atoms with E-state index in [9.17, 15) is 9.59 Å². The smallest absolute Gasteiger partial charge is 0.271 e. The minimum absolute atomic E-state index is 0.0197. The average molecular weight is 347 g/mol. The number of aromatic nitrogens is 3. The first-order valence-electron chi connectivity index (χ1n) is 8.32. The van der Waals surface area contributed by atoms with E-state index in [1.165, 1.54) is 6.20 Å². The lowest BCUT2D eigenvalue weighted by Crippen LogP contribution is -2.39. The first-order valence-corrected chi connectivity index (χ1v) is 8.32. The van der Waals surface area contributed by atoms with Gasteiger partial charge in [0.05, 0.1) is 29.3 Å². The summed E-state index contributed by atoms with van der Waals surface area (Å²) in [5.41, 5.74) is 2.50. The van der Waals surface area contributed by atoms with E-state index in [4.69, 9.17) is 0 Å². The van der Waals surface area contributed by atoms with Crippen molar-refractivity contribution in [2.75, 3.05) is 7.05 Å². The maximum Gasteiger partial charge on any atom is 0.271 e. The number of rotatable bonds is 3. The number of para-hydroxylation sites is 2. The Morgan fingerprint density at radius 3 is 2.73 bits per heavy atom. The summed E-state index contributed by atoms with van der Waals surface area (Å²) in [5, 5.41) is 2.94. The molecule has 4 rings (SSSR count). The number of fused-ring (bicyclic) bond motifs is 1. The van der Waals surface area contributed by atoms with Crippen LogP contribution in [-0.4, -0.2) is 44.8 Å². The van der Waals surface area contributed by atoms with Crippen LogP contribution in [0.1, 0.15) is 28.5 Å². The van der Waals surface area contributed by atoms with Gasteiger partial charge in [-0.25, -0.2) is 4.98 Å². The van der Waals surface area contributed by atoms with Crippen molar-refractivity contribution >= 4 is 22.8 Å². The highest BCUT2D eigenvalue weighted by molar-refractivity contribution is 5.94. The molecule has 26 heavy (non-hydrogen) atoms. The van der Waals surface area contributed by atoms with Crippen LogP contribution in [0, 0.1) is 0 Å². The normalized spacial score (nSPS) is 19.7. The number of hydrogen-bond acceptors (Lipinski definition) is 5. The summed E-state index contributed by atoms with van der Waals surface area (Å²) < 4.78 is 0. The molecule has 1 aliphatic heterocycles. The van der Waals surface area contributed by atoms with Crippen LogP contribution in [0.15, 0.2) is 55.0 Å². The molecule has 0 bridgehead atoms. The summed E-state index contributed by atoms with van der Waals surface area (Å²) in [5.74, 6) is -0.362. The second-order valence-corrected chi connectivity index (χ2v) is 6.26. The third kappa shape index (κ3) is 2.88. The summed E-state index contributed by atoms with van der Waals surface area (Å²) >= 11 is 0. The molecule has 1 aromatic carbocycles. The number of likely N-dealkylation sites (tertiary alicyclic amines) is 1. The molecule has 1 aliphatic rings. The lowest BCUT2D eigenvalue weighted by molar-refractivity contribution is -0.127. The van der Waals surface area contributed by atoms with Crippen molar-refractivity contribution in [3.05, 3.63) is 66.2 Å². The first-order chi connectivity index (χ1) is 12.6. The second-order valence-electron chi connectivity index (χ2n) is 6.26. The van der Waals surface area contributed by atoms with Crippen LogP contribution < -0.4 is 5.32 Å². The lowest BCUT2D eigenvalue weighted by atomic mass is 10.0. The molecule has 0 radical (unpaired) electrons. The number of carbonyl (C=O) groups is 2. The molecule has 7 heteroatoms. The lowest BCUT2D eigenvalue weighted by Gasteiger charge is -2.25. The van der Waals surface area contributed by atoms with Gasteiger partial charge in [-0.2, -0.15) is 0 Å². The fourth-order valence-electron chi connectivity index (χ4n) is 3.31. The molecule has 0 spiro atoms. The highest BCUT2D eigenvalue weighted by Crippen LogP contribution is 2.31. The third-order valence-corrected chi connectivity index (χ3v) is 4.61. The van der Waals surface area contributed by atoms with Crippen molar-refractivity contribution in [3.8, 4) is 0 Å². The van der Waals surface area contributed by atoms with E-state index in [1.807, 2.05) is 36.4 Å². The Balaban J connectivity index is 1.60. The van der Waals surface area contributed by atoms with E-state index in [1.54, 1.807) is 24.3 Å². The van der Waals surface area contributed by atoms with Crippen LogP contribution in [0.3, 0.4) is 0 Å². The molecule has 0 unspecified atom stereocenters. The van der Waals surface area contributed by atoms with Gasteiger partial charge in [0.15, 0.2) is 0 Å². The van der Waals surface area contributed by atoms with Crippen molar-refractivity contribution < 1.29 is 9.59 Å². The Morgan fingerprint density at radius 2 is 1.96 bits per heavy atom. The minimum atomic E-state index is -0.350. The Morgan fingerprint density at radius 1 is 1.15 bits per heavy atom. The maximum atomic E-state index is 12.7. The largest absolute Gasteiger partial charge is 0.345 e. The minimum Gasteiger partial charge on any atom is -0.345 e. The molecule has 1 N–H and O–H groups in total. The van der Waals surface area contributed by atoms with Crippen molar-refractivity contribution in [1.82, 2.24) is 25.2 Å². The quantitative estimate of drug-likeness (QED) is 0.779. The van der Waals surface area contributed by atoms with Crippen molar-refractivity contribution in [2.24, 2.45) is 0 Å². The van der Waals surface area contributed by atoms with Crippen LogP contribution in [0.2, 0.25) is 0 Å². The van der Waals surface area contributed by atoms with Crippen LogP contribution in [0.25, 0.3) is 11.0 Å². The number of likely N-dealkylation sites (N-methyl/N-ethyl adjacent to an activating group) is 1. The third-order valence-electron chi connectivity index (χ3n) is 4.61. The molecule has 130 valence electrons. The number of pyridine rings is 1. The summed E-state index contributed by atoms with van der Waals surface area (Å²) in [6.07, 6.45) is 5.09. The second kappa shape index (κ2) is 6.51. The van der Waals surface area contributed by atoms with Gasteiger partial charge in [0, 0.05) is 25.9 Å².